The lowest BCUT2D eigenvalue weighted by Gasteiger charge is -2.44. The van der Waals surface area contributed by atoms with E-state index in [1.165, 1.54) is 25.9 Å². The van der Waals surface area contributed by atoms with Gasteiger partial charge in [-0.1, -0.05) is 11.8 Å². The van der Waals surface area contributed by atoms with Crippen molar-refractivity contribution < 1.29 is 4.79 Å². The zero-order valence-electron chi connectivity index (χ0n) is 13.7. The lowest BCUT2D eigenvalue weighted by Crippen LogP contribution is -2.57. The van der Waals surface area contributed by atoms with Crippen molar-refractivity contribution in [2.45, 2.75) is 34.9 Å². The smallest absolute Gasteiger partial charge is 0.261 e. The first-order chi connectivity index (χ1) is 11.7. The number of hydrogen-bond donors (Lipinski definition) is 1. The predicted octanol–water partition coefficient (Wildman–Crippen LogP) is 3.43. The topological polar surface area (TPSA) is 45.2 Å². The number of pyridine rings is 1. The molecule has 3 saturated heterocycles. The number of nitrogens with zero attached hydrogens (tertiary/aromatic N) is 2. The SMILES string of the molecule is Cc1ccc(Sc2ccc(C(=O)NC3CN4CCC3CC4)s2)cn1. The van der Waals surface area contributed by atoms with Crippen molar-refractivity contribution in [3.05, 3.63) is 41.0 Å². The van der Waals surface area contributed by atoms with E-state index in [-0.39, 0.29) is 5.91 Å². The Kier molecular flexibility index (Phi) is 4.61. The minimum atomic E-state index is 0.0765. The van der Waals surface area contributed by atoms with Gasteiger partial charge in [0.2, 0.25) is 0 Å². The van der Waals surface area contributed by atoms with Gasteiger partial charge < -0.3 is 10.2 Å². The molecule has 0 aromatic carbocycles. The van der Waals surface area contributed by atoms with Gasteiger partial charge in [-0.15, -0.1) is 11.3 Å². The molecule has 0 aliphatic carbocycles. The molecule has 2 bridgehead atoms. The number of piperidine rings is 3. The van der Waals surface area contributed by atoms with Gasteiger partial charge in [0.15, 0.2) is 0 Å². The molecule has 0 radical (unpaired) electrons. The largest absolute Gasteiger partial charge is 0.347 e. The van der Waals surface area contributed by atoms with Gasteiger partial charge in [-0.2, -0.15) is 0 Å². The van der Waals surface area contributed by atoms with E-state index in [1.807, 2.05) is 31.3 Å². The van der Waals surface area contributed by atoms with E-state index in [1.54, 1.807) is 23.1 Å². The highest BCUT2D eigenvalue weighted by Crippen LogP contribution is 2.33. The Morgan fingerprint density at radius 2 is 2.12 bits per heavy atom. The van der Waals surface area contributed by atoms with E-state index >= 15 is 0 Å². The van der Waals surface area contributed by atoms with Gasteiger partial charge in [-0.3, -0.25) is 9.78 Å². The Hall–Kier alpha value is -1.37. The first kappa shape index (κ1) is 16.1. The van der Waals surface area contributed by atoms with Crippen molar-refractivity contribution in [3.63, 3.8) is 0 Å². The van der Waals surface area contributed by atoms with Crippen LogP contribution in [0.4, 0.5) is 0 Å². The van der Waals surface area contributed by atoms with E-state index < -0.39 is 0 Å². The fourth-order valence-corrected chi connectivity index (χ4v) is 5.47. The summed E-state index contributed by atoms with van der Waals surface area (Å²) in [6.07, 6.45) is 4.32. The maximum absolute atomic E-state index is 12.6. The third-order valence-electron chi connectivity index (χ3n) is 4.88. The lowest BCUT2D eigenvalue weighted by atomic mass is 9.84. The number of nitrogens with one attached hydrogen (secondary N) is 1. The number of rotatable bonds is 4. The molecule has 24 heavy (non-hydrogen) atoms. The van der Waals surface area contributed by atoms with Crippen LogP contribution in [0.2, 0.25) is 0 Å². The summed E-state index contributed by atoms with van der Waals surface area (Å²) in [5.74, 6) is 0.735. The van der Waals surface area contributed by atoms with Crippen molar-refractivity contribution in [3.8, 4) is 0 Å². The van der Waals surface area contributed by atoms with Crippen LogP contribution in [-0.4, -0.2) is 41.5 Å². The molecule has 3 aliphatic heterocycles. The Balaban J connectivity index is 1.39. The summed E-state index contributed by atoms with van der Waals surface area (Å²) in [6.45, 7) is 5.39. The molecule has 1 atom stereocenters. The summed E-state index contributed by atoms with van der Waals surface area (Å²) in [5.41, 5.74) is 1.02. The van der Waals surface area contributed by atoms with Crippen molar-refractivity contribution in [1.82, 2.24) is 15.2 Å². The highest BCUT2D eigenvalue weighted by atomic mass is 32.2. The highest BCUT2D eigenvalue weighted by molar-refractivity contribution is 8.01. The van der Waals surface area contributed by atoms with Gasteiger partial charge in [0, 0.05) is 29.4 Å². The molecular weight excluding hydrogens is 338 g/mol. The monoisotopic (exact) mass is 359 g/mol. The second-order valence-corrected chi connectivity index (χ2v) is 9.03. The number of thiophene rings is 1. The molecule has 2 aromatic heterocycles. The number of carbonyl (C=O) groups excluding carboxylic acids is 1. The molecule has 0 spiro atoms. The van der Waals surface area contributed by atoms with E-state index in [9.17, 15) is 4.79 Å². The summed E-state index contributed by atoms with van der Waals surface area (Å²) in [4.78, 5) is 21.2. The molecule has 6 heteroatoms. The number of amides is 1. The van der Waals surface area contributed by atoms with Crippen molar-refractivity contribution in [2.75, 3.05) is 19.6 Å². The zero-order chi connectivity index (χ0) is 16.5. The molecular formula is C18H21N3OS2. The first-order valence-electron chi connectivity index (χ1n) is 8.41. The van der Waals surface area contributed by atoms with E-state index in [4.69, 9.17) is 0 Å². The number of aromatic nitrogens is 1. The minimum Gasteiger partial charge on any atom is -0.347 e. The molecule has 4 nitrogen and oxygen atoms in total. The maximum atomic E-state index is 12.6. The van der Waals surface area contributed by atoms with Crippen molar-refractivity contribution >= 4 is 29.0 Å². The van der Waals surface area contributed by atoms with Gasteiger partial charge in [0.25, 0.3) is 5.91 Å². The van der Waals surface area contributed by atoms with Crippen LogP contribution in [0.5, 0.6) is 0 Å². The molecule has 1 unspecified atom stereocenters. The third-order valence-corrected chi connectivity index (χ3v) is 7.07. The summed E-state index contributed by atoms with van der Waals surface area (Å²) in [5, 5.41) is 3.26. The number of fused-ring (bicyclic) bond motifs is 3. The van der Waals surface area contributed by atoms with Crippen LogP contribution in [0, 0.1) is 12.8 Å². The second-order valence-electron chi connectivity index (χ2n) is 6.57. The Labute approximate surface area is 150 Å². The predicted molar refractivity (Wildman–Crippen MR) is 97.8 cm³/mol. The summed E-state index contributed by atoms with van der Waals surface area (Å²) < 4.78 is 1.12. The Bertz CT molecular complexity index is 720. The molecule has 1 N–H and O–H groups in total. The normalized spacial score (nSPS) is 25.6. The van der Waals surface area contributed by atoms with Gasteiger partial charge in [-0.05, 0) is 63.0 Å². The van der Waals surface area contributed by atoms with E-state index in [0.29, 0.717) is 12.0 Å². The number of aryl methyl sites for hydroxylation is 1. The van der Waals surface area contributed by atoms with Crippen LogP contribution in [0.3, 0.4) is 0 Å². The van der Waals surface area contributed by atoms with Crippen molar-refractivity contribution in [2.24, 2.45) is 5.92 Å². The average Bonchev–Trinajstić information content (AvgIpc) is 3.07. The molecule has 1 amide bonds. The average molecular weight is 360 g/mol. The van der Waals surface area contributed by atoms with Crippen LogP contribution in [0.25, 0.3) is 0 Å². The van der Waals surface area contributed by atoms with E-state index in [0.717, 1.165) is 26.2 Å². The van der Waals surface area contributed by atoms with E-state index in [2.05, 4.69) is 21.3 Å². The van der Waals surface area contributed by atoms with Crippen LogP contribution < -0.4 is 5.32 Å². The molecule has 2 aromatic rings. The third kappa shape index (κ3) is 3.50. The maximum Gasteiger partial charge on any atom is 0.261 e. The molecule has 0 saturated carbocycles. The number of hydrogen-bond acceptors (Lipinski definition) is 5. The van der Waals surface area contributed by atoms with Crippen LogP contribution in [0.15, 0.2) is 39.6 Å². The van der Waals surface area contributed by atoms with Gasteiger partial charge in [0.1, 0.15) is 0 Å². The molecule has 5 rings (SSSR count). The highest BCUT2D eigenvalue weighted by Gasteiger charge is 2.35. The zero-order valence-corrected chi connectivity index (χ0v) is 15.3. The summed E-state index contributed by atoms with van der Waals surface area (Å²) in [6, 6.07) is 8.36. The first-order valence-corrected chi connectivity index (χ1v) is 10.0. The van der Waals surface area contributed by atoms with Crippen LogP contribution in [-0.2, 0) is 0 Å². The van der Waals surface area contributed by atoms with Crippen molar-refractivity contribution in [1.29, 1.82) is 0 Å². The lowest BCUT2D eigenvalue weighted by molar-refractivity contribution is 0.0622. The summed E-state index contributed by atoms with van der Waals surface area (Å²) in [7, 11) is 0. The molecule has 3 fully saturated rings. The van der Waals surface area contributed by atoms with Gasteiger partial charge >= 0.3 is 0 Å². The number of carbonyl (C=O) groups is 1. The molecule has 3 aliphatic rings. The fourth-order valence-electron chi connectivity index (χ4n) is 3.50. The van der Waals surface area contributed by atoms with Gasteiger partial charge in [0.05, 0.1) is 9.09 Å². The van der Waals surface area contributed by atoms with Gasteiger partial charge in [-0.25, -0.2) is 0 Å². The van der Waals surface area contributed by atoms with Crippen LogP contribution >= 0.6 is 23.1 Å². The van der Waals surface area contributed by atoms with Crippen LogP contribution in [0.1, 0.15) is 28.2 Å². The Morgan fingerprint density at radius 1 is 1.29 bits per heavy atom. The molecule has 5 heterocycles. The minimum absolute atomic E-state index is 0.0765. The molecule has 126 valence electrons. The fraction of sp³-hybridized carbons (Fsp3) is 0.444. The quantitative estimate of drug-likeness (QED) is 0.908. The second kappa shape index (κ2) is 6.86. The standard InChI is InChI=1S/C18H21N3OS2/c1-12-2-3-14(10-19-12)23-17-5-4-16(24-17)18(22)20-15-11-21-8-6-13(15)7-9-21/h2-5,10,13,15H,6-9,11H2,1H3,(H,20,22). The Morgan fingerprint density at radius 3 is 2.79 bits per heavy atom. The summed E-state index contributed by atoms with van der Waals surface area (Å²) >= 11 is 3.22.